The molecular formula is C24H25ClN4O2S2. The van der Waals surface area contributed by atoms with Gasteiger partial charge in [-0.3, -0.25) is 4.90 Å². The molecule has 0 atom stereocenters. The molecule has 0 spiro atoms. The van der Waals surface area contributed by atoms with Gasteiger partial charge in [0.2, 0.25) is 10.0 Å². The fraction of sp³-hybridized carbons (Fsp3) is 0.292. The Morgan fingerprint density at radius 1 is 0.970 bits per heavy atom. The number of benzene rings is 3. The van der Waals surface area contributed by atoms with E-state index >= 15 is 0 Å². The van der Waals surface area contributed by atoms with E-state index in [9.17, 15) is 8.42 Å². The van der Waals surface area contributed by atoms with E-state index in [1.54, 1.807) is 35.8 Å². The molecule has 33 heavy (non-hydrogen) atoms. The fourth-order valence-corrected chi connectivity index (χ4v) is 6.32. The van der Waals surface area contributed by atoms with Crippen LogP contribution >= 0.6 is 23.1 Å². The lowest BCUT2D eigenvalue weighted by Gasteiger charge is -2.35. The van der Waals surface area contributed by atoms with Crippen molar-refractivity contribution >= 4 is 59.8 Å². The first kappa shape index (κ1) is 22.6. The van der Waals surface area contributed by atoms with Gasteiger partial charge in [0, 0.05) is 43.1 Å². The number of halogens is 1. The summed E-state index contributed by atoms with van der Waals surface area (Å²) < 4.78 is 34.1. The molecule has 0 unspecified atom stereocenters. The van der Waals surface area contributed by atoms with E-state index in [1.165, 1.54) is 10.1 Å². The second kappa shape index (κ2) is 9.56. The Bertz CT molecular complexity index is 1380. The SMILES string of the molecule is O=S(=O)(NCCCN1CCN(c2nsc3ccccc23)CC1)c1ccc2ccc(Cl)cc2c1. The zero-order chi connectivity index (χ0) is 22.8. The van der Waals surface area contributed by atoms with Crippen LogP contribution in [0.15, 0.2) is 65.6 Å². The summed E-state index contributed by atoms with van der Waals surface area (Å²) in [7, 11) is -3.55. The molecule has 0 saturated carbocycles. The molecule has 0 bridgehead atoms. The Balaban J connectivity index is 1.11. The molecule has 3 aromatic carbocycles. The highest BCUT2D eigenvalue weighted by Gasteiger charge is 2.21. The lowest BCUT2D eigenvalue weighted by molar-refractivity contribution is 0.255. The van der Waals surface area contributed by atoms with E-state index in [2.05, 4.69) is 37.1 Å². The number of anilines is 1. The van der Waals surface area contributed by atoms with Crippen LogP contribution < -0.4 is 9.62 Å². The Hall–Kier alpha value is -2.23. The largest absolute Gasteiger partial charge is 0.353 e. The number of nitrogens with zero attached hydrogens (tertiary/aromatic N) is 3. The van der Waals surface area contributed by atoms with Gasteiger partial charge < -0.3 is 4.90 Å². The summed E-state index contributed by atoms with van der Waals surface area (Å²) >= 11 is 7.60. The molecule has 0 amide bonds. The molecule has 4 aromatic rings. The van der Waals surface area contributed by atoms with Crippen LogP contribution in [0.2, 0.25) is 5.02 Å². The van der Waals surface area contributed by atoms with Crippen molar-refractivity contribution in [1.82, 2.24) is 14.0 Å². The normalized spacial score (nSPS) is 15.5. The van der Waals surface area contributed by atoms with Gasteiger partial charge in [-0.15, -0.1) is 0 Å². The summed E-state index contributed by atoms with van der Waals surface area (Å²) in [5.74, 6) is 1.08. The number of rotatable bonds is 7. The quantitative estimate of drug-likeness (QED) is 0.376. The number of fused-ring (bicyclic) bond motifs is 2. The molecule has 2 heterocycles. The summed E-state index contributed by atoms with van der Waals surface area (Å²) in [6, 6.07) is 18.9. The van der Waals surface area contributed by atoms with E-state index in [4.69, 9.17) is 11.6 Å². The van der Waals surface area contributed by atoms with E-state index in [0.29, 0.717) is 11.6 Å². The minimum atomic E-state index is -3.55. The summed E-state index contributed by atoms with van der Waals surface area (Å²) in [6.45, 7) is 5.03. The number of hydrogen-bond donors (Lipinski definition) is 1. The monoisotopic (exact) mass is 500 g/mol. The highest BCUT2D eigenvalue weighted by Crippen LogP contribution is 2.29. The third kappa shape index (κ3) is 5.00. The average molecular weight is 501 g/mol. The summed E-state index contributed by atoms with van der Waals surface area (Å²) in [5.41, 5.74) is 0. The van der Waals surface area contributed by atoms with Crippen molar-refractivity contribution in [2.24, 2.45) is 0 Å². The Morgan fingerprint density at radius 3 is 2.61 bits per heavy atom. The minimum Gasteiger partial charge on any atom is -0.353 e. The number of hydrogen-bond acceptors (Lipinski definition) is 6. The fourth-order valence-electron chi connectivity index (χ4n) is 4.24. The van der Waals surface area contributed by atoms with Gasteiger partial charge >= 0.3 is 0 Å². The number of aromatic nitrogens is 1. The molecule has 9 heteroatoms. The second-order valence-electron chi connectivity index (χ2n) is 8.24. The van der Waals surface area contributed by atoms with E-state index in [0.717, 1.165) is 55.7 Å². The van der Waals surface area contributed by atoms with Crippen LogP contribution in [-0.2, 0) is 10.0 Å². The molecule has 1 fully saturated rings. The highest BCUT2D eigenvalue weighted by atomic mass is 35.5. The first-order valence-corrected chi connectivity index (χ1v) is 13.6. The molecule has 1 aromatic heterocycles. The third-order valence-corrected chi connectivity index (χ3v) is 8.57. The van der Waals surface area contributed by atoms with Crippen molar-refractivity contribution in [3.63, 3.8) is 0 Å². The van der Waals surface area contributed by atoms with E-state index < -0.39 is 10.0 Å². The predicted octanol–water partition coefficient (Wildman–Crippen LogP) is 4.59. The van der Waals surface area contributed by atoms with Gasteiger partial charge in [0.15, 0.2) is 0 Å². The maximum Gasteiger partial charge on any atom is 0.240 e. The summed E-state index contributed by atoms with van der Waals surface area (Å²) in [5, 5.41) is 3.59. The topological polar surface area (TPSA) is 65.5 Å². The molecule has 1 aliphatic heterocycles. The van der Waals surface area contributed by atoms with Crippen molar-refractivity contribution in [3.05, 3.63) is 65.7 Å². The summed E-state index contributed by atoms with van der Waals surface area (Å²) in [4.78, 5) is 5.00. The van der Waals surface area contributed by atoms with Gasteiger partial charge in [0.25, 0.3) is 0 Å². The van der Waals surface area contributed by atoms with Crippen molar-refractivity contribution in [3.8, 4) is 0 Å². The van der Waals surface area contributed by atoms with Crippen LogP contribution in [0.3, 0.4) is 0 Å². The number of sulfonamides is 1. The van der Waals surface area contributed by atoms with Gasteiger partial charge in [-0.2, -0.15) is 4.37 Å². The smallest absolute Gasteiger partial charge is 0.240 e. The van der Waals surface area contributed by atoms with Crippen LogP contribution in [0.5, 0.6) is 0 Å². The van der Waals surface area contributed by atoms with Gasteiger partial charge in [-0.1, -0.05) is 35.9 Å². The first-order valence-electron chi connectivity index (χ1n) is 11.0. The standard InChI is InChI=1S/C24H25ClN4O2S2/c25-20-8-6-18-7-9-21(17-19(18)16-20)33(30,31)26-10-3-11-28-12-14-29(15-13-28)24-22-4-1-2-5-23(22)32-27-24/h1-2,4-9,16-17,26H,3,10-15H2. The Labute approximate surface area is 203 Å². The molecule has 172 valence electrons. The van der Waals surface area contributed by atoms with Crippen LogP contribution in [0.4, 0.5) is 5.82 Å². The Morgan fingerprint density at radius 2 is 1.76 bits per heavy atom. The molecule has 5 rings (SSSR count). The maximum absolute atomic E-state index is 12.7. The van der Waals surface area contributed by atoms with Crippen molar-refractivity contribution in [2.75, 3.05) is 44.2 Å². The Kier molecular flexibility index (Phi) is 6.53. The molecule has 6 nitrogen and oxygen atoms in total. The van der Waals surface area contributed by atoms with Crippen LogP contribution in [0, 0.1) is 0 Å². The molecule has 0 radical (unpaired) electrons. The molecule has 1 aliphatic rings. The number of nitrogens with one attached hydrogen (secondary N) is 1. The first-order chi connectivity index (χ1) is 16.0. The molecule has 1 N–H and O–H groups in total. The lowest BCUT2D eigenvalue weighted by Crippen LogP contribution is -2.47. The van der Waals surface area contributed by atoms with Gasteiger partial charge in [0.1, 0.15) is 5.82 Å². The zero-order valence-electron chi connectivity index (χ0n) is 18.1. The molecule has 1 saturated heterocycles. The predicted molar refractivity (Wildman–Crippen MR) is 137 cm³/mol. The van der Waals surface area contributed by atoms with Gasteiger partial charge in [-0.05, 0) is 71.7 Å². The third-order valence-electron chi connectivity index (χ3n) is 6.06. The zero-order valence-corrected chi connectivity index (χ0v) is 20.5. The van der Waals surface area contributed by atoms with E-state index in [-0.39, 0.29) is 4.90 Å². The van der Waals surface area contributed by atoms with Crippen LogP contribution in [-0.4, -0.2) is 57.0 Å². The van der Waals surface area contributed by atoms with Crippen molar-refractivity contribution < 1.29 is 8.42 Å². The highest BCUT2D eigenvalue weighted by molar-refractivity contribution is 7.89. The second-order valence-corrected chi connectivity index (χ2v) is 11.2. The number of piperazine rings is 1. The van der Waals surface area contributed by atoms with Gasteiger partial charge in [-0.25, -0.2) is 13.1 Å². The lowest BCUT2D eigenvalue weighted by atomic mass is 10.1. The van der Waals surface area contributed by atoms with Crippen LogP contribution in [0.25, 0.3) is 20.9 Å². The minimum absolute atomic E-state index is 0.265. The van der Waals surface area contributed by atoms with E-state index in [1.807, 2.05) is 18.2 Å². The van der Waals surface area contributed by atoms with Crippen molar-refractivity contribution in [1.29, 1.82) is 0 Å². The molecule has 0 aliphatic carbocycles. The maximum atomic E-state index is 12.7. The summed E-state index contributed by atoms with van der Waals surface area (Å²) in [6.07, 6.45) is 0.762. The van der Waals surface area contributed by atoms with Crippen LogP contribution in [0.1, 0.15) is 6.42 Å². The van der Waals surface area contributed by atoms with Crippen molar-refractivity contribution in [2.45, 2.75) is 11.3 Å². The molecular weight excluding hydrogens is 476 g/mol. The van der Waals surface area contributed by atoms with Gasteiger partial charge in [0.05, 0.1) is 9.60 Å². The average Bonchev–Trinajstić information content (AvgIpc) is 3.26.